The van der Waals surface area contributed by atoms with Gasteiger partial charge in [0, 0.05) is 24.1 Å². The van der Waals surface area contributed by atoms with Crippen molar-refractivity contribution in [3.63, 3.8) is 0 Å². The zero-order valence-electron chi connectivity index (χ0n) is 12.9. The van der Waals surface area contributed by atoms with Crippen molar-refractivity contribution in [3.05, 3.63) is 65.2 Å². The molecule has 0 fully saturated rings. The van der Waals surface area contributed by atoms with Crippen LogP contribution in [-0.4, -0.2) is 12.3 Å². The van der Waals surface area contributed by atoms with Gasteiger partial charge in [-0.15, -0.1) is 13.2 Å². The number of rotatable bonds is 6. The molecule has 0 aliphatic rings. The molecular weight excluding hydrogens is 345 g/mol. The van der Waals surface area contributed by atoms with Crippen molar-refractivity contribution >= 4 is 5.91 Å². The smallest absolute Gasteiger partial charge is 0.405 e. The highest BCUT2D eigenvalue weighted by Crippen LogP contribution is 2.26. The Kier molecular flexibility index (Phi) is 5.95. The van der Waals surface area contributed by atoms with Crippen molar-refractivity contribution in [2.45, 2.75) is 25.7 Å². The van der Waals surface area contributed by atoms with Crippen LogP contribution in [0.15, 0.2) is 42.5 Å². The molecule has 0 aliphatic heterocycles. The fourth-order valence-electron chi connectivity index (χ4n) is 2.17. The average Bonchev–Trinajstić information content (AvgIpc) is 2.52. The van der Waals surface area contributed by atoms with E-state index in [0.29, 0.717) is 0 Å². The Morgan fingerprint density at radius 1 is 1.00 bits per heavy atom. The van der Waals surface area contributed by atoms with E-state index in [9.17, 15) is 26.7 Å². The third-order valence-electron chi connectivity index (χ3n) is 3.34. The first-order chi connectivity index (χ1) is 11.8. The van der Waals surface area contributed by atoms with Crippen molar-refractivity contribution in [3.8, 4) is 5.75 Å². The van der Waals surface area contributed by atoms with E-state index in [1.54, 1.807) is 0 Å². The molecule has 1 amide bonds. The van der Waals surface area contributed by atoms with E-state index < -0.39 is 29.7 Å². The van der Waals surface area contributed by atoms with Crippen molar-refractivity contribution in [2.75, 3.05) is 0 Å². The Labute approximate surface area is 140 Å². The van der Waals surface area contributed by atoms with E-state index in [-0.39, 0.29) is 30.5 Å². The number of alkyl halides is 3. The van der Waals surface area contributed by atoms with Crippen LogP contribution >= 0.6 is 0 Å². The Hall–Kier alpha value is -2.64. The number of benzene rings is 2. The van der Waals surface area contributed by atoms with Crippen LogP contribution in [0.4, 0.5) is 22.0 Å². The fraction of sp³-hybridized carbons (Fsp3) is 0.235. The molecule has 0 heterocycles. The molecule has 2 aromatic rings. The standard InChI is InChI=1S/C17H14F5NO2/c18-13-5-3-6-14(19)12(13)8-9-16(24)23-10-11-4-1-2-7-15(11)25-17(20,21)22/h1-7H,8-10H2,(H,23,24). The summed E-state index contributed by atoms with van der Waals surface area (Å²) in [6.07, 6.45) is -5.21. The van der Waals surface area contributed by atoms with Gasteiger partial charge in [-0.2, -0.15) is 0 Å². The molecule has 134 valence electrons. The molecule has 3 nitrogen and oxygen atoms in total. The van der Waals surface area contributed by atoms with Crippen molar-refractivity contribution in [2.24, 2.45) is 0 Å². The van der Waals surface area contributed by atoms with Crippen LogP contribution in [0, 0.1) is 11.6 Å². The third-order valence-corrected chi connectivity index (χ3v) is 3.34. The molecule has 2 rings (SSSR count). The van der Waals surface area contributed by atoms with Gasteiger partial charge in [0.2, 0.25) is 5.91 Å². The summed E-state index contributed by atoms with van der Waals surface area (Å²) in [6.45, 7) is -0.204. The number of para-hydroxylation sites is 1. The van der Waals surface area contributed by atoms with Crippen molar-refractivity contribution in [1.82, 2.24) is 5.32 Å². The lowest BCUT2D eigenvalue weighted by Crippen LogP contribution is -2.24. The van der Waals surface area contributed by atoms with Gasteiger partial charge < -0.3 is 10.1 Å². The molecule has 0 bridgehead atoms. The number of hydrogen-bond acceptors (Lipinski definition) is 2. The van der Waals surface area contributed by atoms with Crippen LogP contribution in [0.5, 0.6) is 5.75 Å². The van der Waals surface area contributed by atoms with Crippen LogP contribution in [0.1, 0.15) is 17.5 Å². The molecule has 1 N–H and O–H groups in total. The predicted molar refractivity (Wildman–Crippen MR) is 79.7 cm³/mol. The van der Waals surface area contributed by atoms with Gasteiger partial charge in [-0.3, -0.25) is 4.79 Å². The monoisotopic (exact) mass is 359 g/mol. The fourth-order valence-corrected chi connectivity index (χ4v) is 2.17. The van der Waals surface area contributed by atoms with Crippen LogP contribution in [-0.2, 0) is 17.8 Å². The van der Waals surface area contributed by atoms with Crippen LogP contribution in [0.2, 0.25) is 0 Å². The Morgan fingerprint density at radius 3 is 2.28 bits per heavy atom. The summed E-state index contributed by atoms with van der Waals surface area (Å²) in [7, 11) is 0. The first-order valence-electron chi connectivity index (χ1n) is 7.29. The minimum atomic E-state index is -4.84. The topological polar surface area (TPSA) is 38.3 Å². The molecule has 0 aromatic heterocycles. The number of carbonyl (C=O) groups is 1. The maximum Gasteiger partial charge on any atom is 0.573 e. The van der Waals surface area contributed by atoms with Crippen LogP contribution in [0.3, 0.4) is 0 Å². The van der Waals surface area contributed by atoms with Gasteiger partial charge in [0.25, 0.3) is 0 Å². The van der Waals surface area contributed by atoms with Gasteiger partial charge in [-0.05, 0) is 24.6 Å². The van der Waals surface area contributed by atoms with E-state index in [1.807, 2.05) is 0 Å². The molecule has 0 saturated heterocycles. The zero-order valence-corrected chi connectivity index (χ0v) is 12.9. The Morgan fingerprint density at radius 2 is 1.64 bits per heavy atom. The minimum Gasteiger partial charge on any atom is -0.405 e. The molecule has 2 aromatic carbocycles. The maximum absolute atomic E-state index is 13.5. The van der Waals surface area contributed by atoms with Gasteiger partial charge >= 0.3 is 6.36 Å². The quantitative estimate of drug-likeness (QED) is 0.789. The first kappa shape index (κ1) is 18.7. The summed E-state index contributed by atoms with van der Waals surface area (Å²) in [5, 5.41) is 2.40. The zero-order chi connectivity index (χ0) is 18.4. The molecule has 0 saturated carbocycles. The van der Waals surface area contributed by atoms with Gasteiger partial charge in [-0.1, -0.05) is 24.3 Å². The summed E-state index contributed by atoms with van der Waals surface area (Å²) in [6, 6.07) is 8.75. The highest BCUT2D eigenvalue weighted by atomic mass is 19.4. The average molecular weight is 359 g/mol. The lowest BCUT2D eigenvalue weighted by molar-refractivity contribution is -0.274. The third kappa shape index (κ3) is 5.74. The second-order valence-electron chi connectivity index (χ2n) is 5.13. The van der Waals surface area contributed by atoms with Crippen LogP contribution < -0.4 is 10.1 Å². The molecule has 25 heavy (non-hydrogen) atoms. The number of carbonyl (C=O) groups excluding carboxylic acids is 1. The number of nitrogens with one attached hydrogen (secondary N) is 1. The van der Waals surface area contributed by atoms with Gasteiger partial charge in [0.15, 0.2) is 0 Å². The summed E-state index contributed by atoms with van der Waals surface area (Å²) < 4.78 is 67.8. The summed E-state index contributed by atoms with van der Waals surface area (Å²) in [5.74, 6) is -2.48. The van der Waals surface area contributed by atoms with Crippen molar-refractivity contribution < 1.29 is 31.5 Å². The number of halogens is 5. The van der Waals surface area contributed by atoms with Crippen molar-refractivity contribution in [1.29, 1.82) is 0 Å². The lowest BCUT2D eigenvalue weighted by atomic mass is 10.1. The highest BCUT2D eigenvalue weighted by Gasteiger charge is 2.31. The second-order valence-corrected chi connectivity index (χ2v) is 5.13. The van der Waals surface area contributed by atoms with E-state index >= 15 is 0 Å². The Bertz CT molecular complexity index is 726. The molecule has 8 heteroatoms. The number of amides is 1. The van der Waals surface area contributed by atoms with Gasteiger partial charge in [0.05, 0.1) is 0 Å². The molecule has 0 spiro atoms. The van der Waals surface area contributed by atoms with E-state index in [1.165, 1.54) is 24.3 Å². The summed E-state index contributed by atoms with van der Waals surface area (Å²) >= 11 is 0. The SMILES string of the molecule is O=C(CCc1c(F)cccc1F)NCc1ccccc1OC(F)(F)F. The van der Waals surface area contributed by atoms with E-state index in [0.717, 1.165) is 18.2 Å². The van der Waals surface area contributed by atoms with Gasteiger partial charge in [0.1, 0.15) is 17.4 Å². The molecule has 0 atom stereocenters. The lowest BCUT2D eigenvalue weighted by Gasteiger charge is -2.13. The second kappa shape index (κ2) is 7.96. The first-order valence-corrected chi connectivity index (χ1v) is 7.29. The largest absolute Gasteiger partial charge is 0.573 e. The molecule has 0 aliphatic carbocycles. The van der Waals surface area contributed by atoms with Crippen LogP contribution in [0.25, 0.3) is 0 Å². The Balaban J connectivity index is 1.92. The highest BCUT2D eigenvalue weighted by molar-refractivity contribution is 5.76. The van der Waals surface area contributed by atoms with Gasteiger partial charge in [-0.25, -0.2) is 8.78 Å². The molecule has 0 radical (unpaired) electrons. The number of ether oxygens (including phenoxy) is 1. The van der Waals surface area contributed by atoms with E-state index in [4.69, 9.17) is 0 Å². The normalized spacial score (nSPS) is 11.2. The summed E-state index contributed by atoms with van der Waals surface area (Å²) in [5.41, 5.74) is -0.0799. The molecular formula is C17H14F5NO2. The summed E-state index contributed by atoms with van der Waals surface area (Å²) in [4.78, 5) is 11.8. The molecule has 0 unspecified atom stereocenters. The number of hydrogen-bond donors (Lipinski definition) is 1. The van der Waals surface area contributed by atoms with E-state index in [2.05, 4.69) is 10.1 Å². The maximum atomic E-state index is 13.5. The minimum absolute atomic E-state index is 0.130. The predicted octanol–water partition coefficient (Wildman–Crippen LogP) is 4.11.